The van der Waals surface area contributed by atoms with Gasteiger partial charge in [-0.05, 0) is 12.1 Å². The molecule has 104 valence electrons. The van der Waals surface area contributed by atoms with Gasteiger partial charge in [0.15, 0.2) is 11.5 Å². The average molecular weight is 375 g/mol. The van der Waals surface area contributed by atoms with Gasteiger partial charge in [-0.2, -0.15) is 0 Å². The van der Waals surface area contributed by atoms with E-state index in [4.69, 9.17) is 9.47 Å². The van der Waals surface area contributed by atoms with Gasteiger partial charge in [0.05, 0.1) is 13.7 Å². The number of halogens is 1. The second-order valence-corrected chi connectivity index (χ2v) is 5.48. The number of ether oxygens (including phenoxy) is 2. The molecular weight excluding hydrogens is 357 g/mol. The number of rotatable bonds is 5. The number of anilines is 1. The standard InChI is InChI=1S/C14H18INO3/c1-18-13-3-2-11(10-14(13)19-9-6-15)16-7-4-12(17)5-8-16/h2-3,10H,4-9H2,1H3. The highest BCUT2D eigenvalue weighted by atomic mass is 127. The molecule has 0 bridgehead atoms. The smallest absolute Gasteiger partial charge is 0.163 e. The van der Waals surface area contributed by atoms with E-state index in [1.54, 1.807) is 7.11 Å². The fraction of sp³-hybridized carbons (Fsp3) is 0.500. The number of benzene rings is 1. The zero-order valence-corrected chi connectivity index (χ0v) is 13.2. The summed E-state index contributed by atoms with van der Waals surface area (Å²) in [5.74, 6) is 1.88. The Kier molecular flexibility index (Phi) is 5.30. The lowest BCUT2D eigenvalue weighted by molar-refractivity contribution is -0.119. The number of hydrogen-bond acceptors (Lipinski definition) is 4. The first kappa shape index (κ1) is 14.4. The summed E-state index contributed by atoms with van der Waals surface area (Å²) >= 11 is 2.28. The minimum Gasteiger partial charge on any atom is -0.493 e. The van der Waals surface area contributed by atoms with Crippen molar-refractivity contribution in [3.8, 4) is 11.5 Å². The Bertz CT molecular complexity index is 440. The first-order valence-electron chi connectivity index (χ1n) is 6.38. The maximum absolute atomic E-state index is 11.3. The van der Waals surface area contributed by atoms with Crippen LogP contribution in [-0.4, -0.2) is 37.0 Å². The molecule has 2 rings (SSSR count). The molecule has 0 aliphatic carbocycles. The molecule has 5 heteroatoms. The molecule has 0 radical (unpaired) electrons. The molecule has 1 aliphatic heterocycles. The van der Waals surface area contributed by atoms with E-state index < -0.39 is 0 Å². The number of piperidine rings is 1. The topological polar surface area (TPSA) is 38.8 Å². The van der Waals surface area contributed by atoms with E-state index in [-0.39, 0.29) is 0 Å². The summed E-state index contributed by atoms with van der Waals surface area (Å²) in [5, 5.41) is 0. The van der Waals surface area contributed by atoms with Gasteiger partial charge in [0.2, 0.25) is 0 Å². The van der Waals surface area contributed by atoms with Gasteiger partial charge in [0, 0.05) is 42.1 Å². The number of methoxy groups -OCH3 is 1. The van der Waals surface area contributed by atoms with Crippen LogP contribution in [0, 0.1) is 0 Å². The molecule has 0 spiro atoms. The van der Waals surface area contributed by atoms with Gasteiger partial charge in [-0.1, -0.05) is 22.6 Å². The molecule has 1 fully saturated rings. The van der Waals surface area contributed by atoms with E-state index in [0.29, 0.717) is 25.2 Å². The van der Waals surface area contributed by atoms with E-state index in [0.717, 1.165) is 34.7 Å². The zero-order valence-electron chi connectivity index (χ0n) is 11.0. The Labute approximate surface area is 127 Å². The predicted molar refractivity (Wildman–Crippen MR) is 83.8 cm³/mol. The molecule has 0 amide bonds. The number of alkyl halides is 1. The molecule has 1 saturated heterocycles. The maximum Gasteiger partial charge on any atom is 0.163 e. The summed E-state index contributed by atoms with van der Waals surface area (Å²) < 4.78 is 11.9. The Morgan fingerprint density at radius 2 is 2.00 bits per heavy atom. The average Bonchev–Trinajstić information content (AvgIpc) is 2.45. The highest BCUT2D eigenvalue weighted by molar-refractivity contribution is 14.1. The summed E-state index contributed by atoms with van der Waals surface area (Å²) in [6, 6.07) is 5.95. The van der Waals surface area contributed by atoms with E-state index in [9.17, 15) is 4.79 Å². The van der Waals surface area contributed by atoms with Crippen LogP contribution < -0.4 is 14.4 Å². The second-order valence-electron chi connectivity index (χ2n) is 4.40. The Balaban J connectivity index is 2.14. The molecular formula is C14H18INO3. The molecule has 19 heavy (non-hydrogen) atoms. The van der Waals surface area contributed by atoms with Crippen molar-refractivity contribution < 1.29 is 14.3 Å². The summed E-state index contributed by atoms with van der Waals surface area (Å²) in [6.45, 7) is 2.24. The van der Waals surface area contributed by atoms with Gasteiger partial charge in [0.25, 0.3) is 0 Å². The van der Waals surface area contributed by atoms with Gasteiger partial charge in [-0.15, -0.1) is 0 Å². The van der Waals surface area contributed by atoms with Crippen LogP contribution in [0.2, 0.25) is 0 Å². The van der Waals surface area contributed by atoms with Crippen molar-refractivity contribution >= 4 is 34.1 Å². The van der Waals surface area contributed by atoms with Crippen LogP contribution >= 0.6 is 22.6 Å². The minimum absolute atomic E-state index is 0.353. The van der Waals surface area contributed by atoms with Crippen molar-refractivity contribution in [2.75, 3.05) is 36.1 Å². The zero-order chi connectivity index (χ0) is 13.7. The van der Waals surface area contributed by atoms with Gasteiger partial charge in [-0.3, -0.25) is 4.79 Å². The molecule has 1 heterocycles. The predicted octanol–water partition coefficient (Wildman–Crippen LogP) is 2.68. The molecule has 1 aliphatic rings. The van der Waals surface area contributed by atoms with Crippen molar-refractivity contribution in [2.24, 2.45) is 0 Å². The van der Waals surface area contributed by atoms with E-state index in [1.165, 1.54) is 0 Å². The molecule has 0 atom stereocenters. The van der Waals surface area contributed by atoms with Crippen molar-refractivity contribution in [3.63, 3.8) is 0 Å². The lowest BCUT2D eigenvalue weighted by Gasteiger charge is -2.28. The summed E-state index contributed by atoms with van der Waals surface area (Å²) in [5.41, 5.74) is 1.09. The van der Waals surface area contributed by atoms with Crippen molar-refractivity contribution in [3.05, 3.63) is 18.2 Å². The SMILES string of the molecule is COc1ccc(N2CCC(=O)CC2)cc1OCCI. The van der Waals surface area contributed by atoms with Crippen molar-refractivity contribution in [1.82, 2.24) is 0 Å². The first-order chi connectivity index (χ1) is 9.24. The number of hydrogen-bond donors (Lipinski definition) is 0. The number of nitrogens with zero attached hydrogens (tertiary/aromatic N) is 1. The van der Waals surface area contributed by atoms with E-state index >= 15 is 0 Å². The molecule has 4 nitrogen and oxygen atoms in total. The lowest BCUT2D eigenvalue weighted by atomic mass is 10.1. The molecule has 0 unspecified atom stereocenters. The highest BCUT2D eigenvalue weighted by Crippen LogP contribution is 2.32. The third-order valence-electron chi connectivity index (χ3n) is 3.17. The number of ketones is 1. The van der Waals surface area contributed by atoms with Gasteiger partial charge in [0.1, 0.15) is 5.78 Å². The molecule has 1 aromatic carbocycles. The Morgan fingerprint density at radius 1 is 1.26 bits per heavy atom. The van der Waals surface area contributed by atoms with Crippen LogP contribution in [0.25, 0.3) is 0 Å². The molecule has 1 aromatic rings. The van der Waals surface area contributed by atoms with Crippen LogP contribution in [0.4, 0.5) is 5.69 Å². The quantitative estimate of drug-likeness (QED) is 0.586. The van der Waals surface area contributed by atoms with Gasteiger partial charge in [-0.25, -0.2) is 0 Å². The third-order valence-corrected chi connectivity index (χ3v) is 3.61. The molecule has 0 N–H and O–H groups in total. The van der Waals surface area contributed by atoms with Crippen LogP contribution in [0.1, 0.15) is 12.8 Å². The van der Waals surface area contributed by atoms with Gasteiger partial charge >= 0.3 is 0 Å². The Hall–Kier alpha value is -0.980. The van der Waals surface area contributed by atoms with Crippen LogP contribution in [0.3, 0.4) is 0 Å². The van der Waals surface area contributed by atoms with Crippen molar-refractivity contribution in [1.29, 1.82) is 0 Å². The monoisotopic (exact) mass is 375 g/mol. The number of Topliss-reactive ketones (excluding diaryl/α,β-unsaturated/α-hetero) is 1. The summed E-state index contributed by atoms with van der Waals surface area (Å²) in [4.78, 5) is 13.5. The van der Waals surface area contributed by atoms with E-state index in [2.05, 4.69) is 27.5 Å². The first-order valence-corrected chi connectivity index (χ1v) is 7.90. The van der Waals surface area contributed by atoms with Crippen molar-refractivity contribution in [2.45, 2.75) is 12.8 Å². The van der Waals surface area contributed by atoms with Crippen LogP contribution in [-0.2, 0) is 4.79 Å². The second kappa shape index (κ2) is 6.98. The normalized spacial score (nSPS) is 15.5. The largest absolute Gasteiger partial charge is 0.493 e. The number of carbonyl (C=O) groups excluding carboxylic acids is 1. The summed E-state index contributed by atoms with van der Waals surface area (Å²) in [7, 11) is 1.64. The minimum atomic E-state index is 0.353. The third kappa shape index (κ3) is 3.75. The fourth-order valence-corrected chi connectivity index (χ4v) is 2.36. The fourth-order valence-electron chi connectivity index (χ4n) is 2.14. The summed E-state index contributed by atoms with van der Waals surface area (Å²) in [6.07, 6.45) is 1.27. The number of carbonyl (C=O) groups is 1. The molecule has 0 aromatic heterocycles. The lowest BCUT2D eigenvalue weighted by Crippen LogP contribution is -2.33. The highest BCUT2D eigenvalue weighted by Gasteiger charge is 2.17. The Morgan fingerprint density at radius 3 is 2.63 bits per heavy atom. The van der Waals surface area contributed by atoms with E-state index in [1.807, 2.05) is 18.2 Å². The van der Waals surface area contributed by atoms with Gasteiger partial charge < -0.3 is 14.4 Å². The maximum atomic E-state index is 11.3. The van der Waals surface area contributed by atoms with Crippen LogP contribution in [0.5, 0.6) is 11.5 Å². The van der Waals surface area contributed by atoms with Crippen LogP contribution in [0.15, 0.2) is 18.2 Å². The molecule has 0 saturated carbocycles.